The van der Waals surface area contributed by atoms with Gasteiger partial charge in [-0.2, -0.15) is 0 Å². The van der Waals surface area contributed by atoms with Gasteiger partial charge in [-0.15, -0.1) is 12.4 Å². The van der Waals surface area contributed by atoms with Crippen molar-refractivity contribution in [3.05, 3.63) is 23.9 Å². The summed E-state index contributed by atoms with van der Waals surface area (Å²) in [6, 6.07) is 3.81. The van der Waals surface area contributed by atoms with Gasteiger partial charge in [0.2, 0.25) is 0 Å². The van der Waals surface area contributed by atoms with Crippen molar-refractivity contribution in [2.75, 3.05) is 5.73 Å². The van der Waals surface area contributed by atoms with Crippen molar-refractivity contribution in [1.29, 1.82) is 0 Å². The van der Waals surface area contributed by atoms with Crippen molar-refractivity contribution < 1.29 is 0 Å². The summed E-state index contributed by atoms with van der Waals surface area (Å²) in [5.41, 5.74) is 12.6. The number of pyridine rings is 1. The average Bonchev–Trinajstić information content (AvgIpc) is 2.03. The van der Waals surface area contributed by atoms with Gasteiger partial charge in [-0.1, -0.05) is 19.9 Å². The quantitative estimate of drug-likeness (QED) is 0.812. The normalized spacial score (nSPS) is 12.3. The highest BCUT2D eigenvalue weighted by Crippen LogP contribution is 2.21. The third kappa shape index (κ3) is 3.52. The number of anilines is 1. The van der Waals surface area contributed by atoms with E-state index in [0.29, 0.717) is 11.7 Å². The fourth-order valence-corrected chi connectivity index (χ4v) is 1.38. The second kappa shape index (κ2) is 5.83. The number of nitrogens with two attached hydrogens (primary N) is 2. The van der Waals surface area contributed by atoms with E-state index >= 15 is 0 Å². The van der Waals surface area contributed by atoms with Gasteiger partial charge in [0.1, 0.15) is 5.82 Å². The monoisotopic (exact) mass is 215 g/mol. The van der Waals surface area contributed by atoms with Crippen LogP contribution in [0.5, 0.6) is 0 Å². The molecule has 0 saturated heterocycles. The van der Waals surface area contributed by atoms with E-state index in [0.717, 1.165) is 12.0 Å². The second-order valence-corrected chi connectivity index (χ2v) is 3.71. The van der Waals surface area contributed by atoms with Gasteiger partial charge in [0.25, 0.3) is 0 Å². The van der Waals surface area contributed by atoms with Crippen LogP contribution < -0.4 is 11.5 Å². The van der Waals surface area contributed by atoms with Crippen molar-refractivity contribution in [1.82, 2.24) is 4.98 Å². The first-order valence-electron chi connectivity index (χ1n) is 4.57. The van der Waals surface area contributed by atoms with Gasteiger partial charge in [-0.3, -0.25) is 0 Å². The molecule has 1 aromatic heterocycles. The minimum Gasteiger partial charge on any atom is -0.383 e. The molecule has 3 nitrogen and oxygen atoms in total. The third-order valence-corrected chi connectivity index (χ3v) is 2.00. The highest BCUT2D eigenvalue weighted by Gasteiger charge is 2.10. The van der Waals surface area contributed by atoms with E-state index in [1.165, 1.54) is 0 Å². The van der Waals surface area contributed by atoms with Crippen LogP contribution in [0.4, 0.5) is 5.82 Å². The van der Waals surface area contributed by atoms with E-state index in [1.807, 2.05) is 12.1 Å². The molecular formula is C10H18ClN3. The number of hydrogen-bond donors (Lipinski definition) is 2. The van der Waals surface area contributed by atoms with Gasteiger partial charge in [-0.25, -0.2) is 4.98 Å². The molecule has 0 amide bonds. The smallest absolute Gasteiger partial charge is 0.128 e. The van der Waals surface area contributed by atoms with E-state index in [9.17, 15) is 0 Å². The summed E-state index contributed by atoms with van der Waals surface area (Å²) in [4.78, 5) is 4.01. The molecule has 4 heteroatoms. The summed E-state index contributed by atoms with van der Waals surface area (Å²) >= 11 is 0. The zero-order chi connectivity index (χ0) is 9.84. The second-order valence-electron chi connectivity index (χ2n) is 3.71. The maximum absolute atomic E-state index is 5.98. The lowest BCUT2D eigenvalue weighted by atomic mass is 9.98. The summed E-state index contributed by atoms with van der Waals surface area (Å²) in [5.74, 6) is 1.13. The predicted molar refractivity (Wildman–Crippen MR) is 62.3 cm³/mol. The van der Waals surface area contributed by atoms with Crippen LogP contribution in [0.2, 0.25) is 0 Å². The first-order valence-corrected chi connectivity index (χ1v) is 4.57. The largest absolute Gasteiger partial charge is 0.383 e. The van der Waals surface area contributed by atoms with E-state index < -0.39 is 0 Å². The first-order chi connectivity index (χ1) is 6.11. The Labute approximate surface area is 91.3 Å². The van der Waals surface area contributed by atoms with Gasteiger partial charge >= 0.3 is 0 Å². The lowest BCUT2D eigenvalue weighted by molar-refractivity contribution is 0.510. The number of halogens is 1. The van der Waals surface area contributed by atoms with Gasteiger partial charge in [0, 0.05) is 17.8 Å². The van der Waals surface area contributed by atoms with E-state index in [4.69, 9.17) is 11.5 Å². The summed E-state index contributed by atoms with van der Waals surface area (Å²) in [6.07, 6.45) is 2.62. The Hall–Kier alpha value is -0.800. The van der Waals surface area contributed by atoms with E-state index in [1.54, 1.807) is 6.20 Å². The highest BCUT2D eigenvalue weighted by atomic mass is 35.5. The number of hydrogen-bond acceptors (Lipinski definition) is 3. The van der Waals surface area contributed by atoms with Gasteiger partial charge in [0.05, 0.1) is 0 Å². The molecule has 1 atom stereocenters. The topological polar surface area (TPSA) is 64.9 Å². The first kappa shape index (κ1) is 13.2. The maximum Gasteiger partial charge on any atom is 0.128 e. The molecule has 1 rings (SSSR count). The molecule has 0 aliphatic carbocycles. The summed E-state index contributed by atoms with van der Waals surface area (Å²) in [5, 5.41) is 0. The molecule has 1 heterocycles. The summed E-state index contributed by atoms with van der Waals surface area (Å²) in [6.45, 7) is 4.29. The van der Waals surface area contributed by atoms with Crippen LogP contribution in [0.3, 0.4) is 0 Å². The van der Waals surface area contributed by atoms with E-state index in [-0.39, 0.29) is 18.4 Å². The number of nitrogens with zero attached hydrogens (tertiary/aromatic N) is 1. The minimum absolute atomic E-state index is 0. The molecule has 14 heavy (non-hydrogen) atoms. The number of nitrogen functional groups attached to an aromatic ring is 1. The van der Waals surface area contributed by atoms with Crippen molar-refractivity contribution in [3.63, 3.8) is 0 Å². The molecule has 0 unspecified atom stereocenters. The highest BCUT2D eigenvalue weighted by molar-refractivity contribution is 5.85. The fourth-order valence-electron chi connectivity index (χ4n) is 1.38. The van der Waals surface area contributed by atoms with Gasteiger partial charge in [-0.05, 0) is 18.4 Å². The number of rotatable bonds is 3. The van der Waals surface area contributed by atoms with Crippen molar-refractivity contribution in [2.24, 2.45) is 11.7 Å². The minimum atomic E-state index is 0. The number of aromatic nitrogens is 1. The summed E-state index contributed by atoms with van der Waals surface area (Å²) < 4.78 is 0. The lowest BCUT2D eigenvalue weighted by Gasteiger charge is -2.15. The fraction of sp³-hybridized carbons (Fsp3) is 0.500. The Morgan fingerprint density at radius 1 is 1.43 bits per heavy atom. The molecule has 80 valence electrons. The van der Waals surface area contributed by atoms with Crippen LogP contribution in [0.25, 0.3) is 0 Å². The maximum atomic E-state index is 5.98. The molecule has 0 fully saturated rings. The van der Waals surface area contributed by atoms with Crippen LogP contribution in [-0.4, -0.2) is 4.98 Å². The molecule has 0 aliphatic rings. The van der Waals surface area contributed by atoms with E-state index in [2.05, 4.69) is 18.8 Å². The third-order valence-electron chi connectivity index (χ3n) is 2.00. The Bertz CT molecular complexity index is 276. The van der Waals surface area contributed by atoms with Crippen LogP contribution in [-0.2, 0) is 0 Å². The molecule has 0 bridgehead atoms. The lowest BCUT2D eigenvalue weighted by Crippen LogP contribution is -2.15. The van der Waals surface area contributed by atoms with Crippen molar-refractivity contribution >= 4 is 18.2 Å². The SMILES string of the molecule is CC(C)C[C@H](N)c1cccnc1N.Cl. The van der Waals surface area contributed by atoms with Crippen LogP contribution >= 0.6 is 12.4 Å². The zero-order valence-corrected chi connectivity index (χ0v) is 9.42. The van der Waals surface area contributed by atoms with Crippen LogP contribution in [0.1, 0.15) is 31.9 Å². The molecule has 0 aliphatic heterocycles. The Morgan fingerprint density at radius 2 is 2.07 bits per heavy atom. The Morgan fingerprint density at radius 3 is 2.57 bits per heavy atom. The average molecular weight is 216 g/mol. The molecule has 0 saturated carbocycles. The standard InChI is InChI=1S/C10H17N3.ClH/c1-7(2)6-9(11)8-4-3-5-13-10(8)12;/h3-5,7,9H,6,11H2,1-2H3,(H2,12,13);1H/t9-;/m0./s1. The Kier molecular flexibility index (Phi) is 5.50. The molecule has 4 N–H and O–H groups in total. The Balaban J connectivity index is 0.00000169. The zero-order valence-electron chi connectivity index (χ0n) is 8.60. The van der Waals surface area contributed by atoms with Crippen LogP contribution in [0, 0.1) is 5.92 Å². The van der Waals surface area contributed by atoms with Gasteiger partial charge in [0.15, 0.2) is 0 Å². The van der Waals surface area contributed by atoms with Crippen molar-refractivity contribution in [2.45, 2.75) is 26.3 Å². The predicted octanol–water partition coefficient (Wildman–Crippen LogP) is 2.13. The molecule has 0 aromatic carbocycles. The molecular weight excluding hydrogens is 198 g/mol. The summed E-state index contributed by atoms with van der Waals surface area (Å²) in [7, 11) is 0. The van der Waals surface area contributed by atoms with Crippen LogP contribution in [0.15, 0.2) is 18.3 Å². The molecule has 1 aromatic rings. The van der Waals surface area contributed by atoms with Gasteiger partial charge < -0.3 is 11.5 Å². The van der Waals surface area contributed by atoms with Crippen molar-refractivity contribution in [3.8, 4) is 0 Å². The molecule has 0 radical (unpaired) electrons. The molecule has 0 spiro atoms.